The molecule has 100 valence electrons. The van der Waals surface area contributed by atoms with Gasteiger partial charge in [0.1, 0.15) is 5.82 Å². The smallest absolute Gasteiger partial charge is 0.227 e. The minimum atomic E-state index is -0.527. The Morgan fingerprint density at radius 2 is 2.32 bits per heavy atom. The topological polar surface area (TPSA) is 68.0 Å². The number of benzene rings is 1. The molecule has 0 atom stereocenters. The molecule has 0 unspecified atom stereocenters. The number of carbonyl (C=O) groups is 1. The maximum absolute atomic E-state index is 12.9. The molecule has 5 nitrogen and oxygen atoms in total. The van der Waals surface area contributed by atoms with Gasteiger partial charge in [-0.15, -0.1) is 0 Å². The minimum Gasteiger partial charge on any atom is -0.339 e. The standard InChI is InChI=1S/C12H11ClFN3O2/c1-7-15-12(19-17-7)5-4-11(18)16-8-2-3-10(14)9(13)6-8/h2-3,6H,4-5H2,1H3,(H,16,18). The van der Waals surface area contributed by atoms with E-state index in [0.717, 1.165) is 0 Å². The molecule has 2 aromatic rings. The summed E-state index contributed by atoms with van der Waals surface area (Å²) in [5.41, 5.74) is 0.443. The molecule has 0 radical (unpaired) electrons. The van der Waals surface area contributed by atoms with Gasteiger partial charge in [0.05, 0.1) is 5.02 Å². The Bertz CT molecular complexity index is 600. The van der Waals surface area contributed by atoms with E-state index in [1.807, 2.05) is 0 Å². The van der Waals surface area contributed by atoms with Crippen molar-refractivity contribution in [2.24, 2.45) is 0 Å². The largest absolute Gasteiger partial charge is 0.339 e. The number of nitrogens with one attached hydrogen (secondary N) is 1. The van der Waals surface area contributed by atoms with Crippen LogP contribution >= 0.6 is 11.6 Å². The van der Waals surface area contributed by atoms with Gasteiger partial charge in [0.15, 0.2) is 5.82 Å². The van der Waals surface area contributed by atoms with E-state index in [-0.39, 0.29) is 17.4 Å². The van der Waals surface area contributed by atoms with Gasteiger partial charge in [-0.1, -0.05) is 16.8 Å². The third-order valence-electron chi connectivity index (χ3n) is 2.34. The number of hydrogen-bond acceptors (Lipinski definition) is 4. The maximum Gasteiger partial charge on any atom is 0.227 e. The molecule has 0 bridgehead atoms. The monoisotopic (exact) mass is 283 g/mol. The molecule has 0 aliphatic carbocycles. The van der Waals surface area contributed by atoms with Crippen LogP contribution in [0.15, 0.2) is 22.7 Å². The fourth-order valence-electron chi connectivity index (χ4n) is 1.46. The van der Waals surface area contributed by atoms with Crippen molar-refractivity contribution in [1.29, 1.82) is 0 Å². The number of halogens is 2. The summed E-state index contributed by atoms with van der Waals surface area (Å²) in [7, 11) is 0. The second-order valence-electron chi connectivity index (χ2n) is 3.91. The van der Waals surface area contributed by atoms with Crippen LogP contribution in [0.5, 0.6) is 0 Å². The van der Waals surface area contributed by atoms with Gasteiger partial charge in [-0.05, 0) is 25.1 Å². The van der Waals surface area contributed by atoms with E-state index in [0.29, 0.717) is 23.8 Å². The average Bonchev–Trinajstić information content (AvgIpc) is 2.77. The lowest BCUT2D eigenvalue weighted by Crippen LogP contribution is -2.12. The van der Waals surface area contributed by atoms with E-state index < -0.39 is 5.82 Å². The van der Waals surface area contributed by atoms with Crippen molar-refractivity contribution in [3.05, 3.63) is 40.8 Å². The van der Waals surface area contributed by atoms with Crippen molar-refractivity contribution in [1.82, 2.24) is 10.1 Å². The van der Waals surface area contributed by atoms with Gasteiger partial charge in [0.25, 0.3) is 0 Å². The zero-order valence-corrected chi connectivity index (χ0v) is 10.9. The molecule has 1 aromatic carbocycles. The number of nitrogens with zero attached hydrogens (tertiary/aromatic N) is 2. The third-order valence-corrected chi connectivity index (χ3v) is 2.63. The molecule has 1 N–H and O–H groups in total. The number of rotatable bonds is 4. The molecule has 0 aliphatic rings. The Morgan fingerprint density at radius 1 is 1.53 bits per heavy atom. The van der Waals surface area contributed by atoms with Crippen molar-refractivity contribution in [3.8, 4) is 0 Å². The normalized spacial score (nSPS) is 10.5. The zero-order valence-electron chi connectivity index (χ0n) is 10.1. The summed E-state index contributed by atoms with van der Waals surface area (Å²) in [5, 5.41) is 6.19. The Balaban J connectivity index is 1.88. The minimum absolute atomic E-state index is 0.0367. The van der Waals surface area contributed by atoms with Gasteiger partial charge in [0.2, 0.25) is 11.8 Å². The van der Waals surface area contributed by atoms with Crippen molar-refractivity contribution in [3.63, 3.8) is 0 Å². The summed E-state index contributed by atoms with van der Waals surface area (Å²) in [6.07, 6.45) is 0.540. The van der Waals surface area contributed by atoms with E-state index in [2.05, 4.69) is 15.5 Å². The summed E-state index contributed by atoms with van der Waals surface area (Å²) in [5.74, 6) is 0.171. The van der Waals surface area contributed by atoms with Crippen LogP contribution < -0.4 is 5.32 Å². The molecule has 1 heterocycles. The highest BCUT2D eigenvalue weighted by atomic mass is 35.5. The number of carbonyl (C=O) groups excluding carboxylic acids is 1. The number of amides is 1. The zero-order chi connectivity index (χ0) is 13.8. The molecule has 19 heavy (non-hydrogen) atoms. The molecule has 0 saturated heterocycles. The highest BCUT2D eigenvalue weighted by molar-refractivity contribution is 6.31. The Labute approximate surface area is 113 Å². The van der Waals surface area contributed by atoms with Crippen molar-refractivity contribution in [2.75, 3.05) is 5.32 Å². The summed E-state index contributed by atoms with van der Waals surface area (Å²) in [6.45, 7) is 1.70. The lowest BCUT2D eigenvalue weighted by molar-refractivity contribution is -0.116. The van der Waals surface area contributed by atoms with Gasteiger partial charge >= 0.3 is 0 Å². The quantitative estimate of drug-likeness (QED) is 0.937. The fraction of sp³-hybridized carbons (Fsp3) is 0.250. The van der Waals surface area contributed by atoms with Gasteiger partial charge < -0.3 is 9.84 Å². The number of anilines is 1. The molecular weight excluding hydrogens is 273 g/mol. The van der Waals surface area contributed by atoms with Crippen LogP contribution in [0.2, 0.25) is 5.02 Å². The third kappa shape index (κ3) is 3.75. The number of aryl methyl sites for hydroxylation is 2. The van der Waals surface area contributed by atoms with Crippen LogP contribution in [0.25, 0.3) is 0 Å². The van der Waals surface area contributed by atoms with Gasteiger partial charge in [0, 0.05) is 18.5 Å². The van der Waals surface area contributed by atoms with Gasteiger partial charge in [-0.25, -0.2) is 4.39 Å². The summed E-state index contributed by atoms with van der Waals surface area (Å²) in [6, 6.07) is 3.99. The maximum atomic E-state index is 12.9. The first-order valence-corrected chi connectivity index (χ1v) is 5.96. The predicted octanol–water partition coefficient (Wildman–Crippen LogP) is 2.74. The van der Waals surface area contributed by atoms with Crippen LogP contribution in [0.4, 0.5) is 10.1 Å². The van der Waals surface area contributed by atoms with Crippen LogP contribution in [-0.4, -0.2) is 16.0 Å². The van der Waals surface area contributed by atoms with Crippen LogP contribution in [-0.2, 0) is 11.2 Å². The fourth-order valence-corrected chi connectivity index (χ4v) is 1.64. The van der Waals surface area contributed by atoms with E-state index in [1.54, 1.807) is 6.92 Å². The first-order chi connectivity index (χ1) is 9.04. The van der Waals surface area contributed by atoms with Crippen molar-refractivity contribution in [2.45, 2.75) is 19.8 Å². The number of aromatic nitrogens is 2. The molecule has 1 amide bonds. The molecule has 1 aromatic heterocycles. The predicted molar refractivity (Wildman–Crippen MR) is 67.4 cm³/mol. The second-order valence-corrected chi connectivity index (χ2v) is 4.32. The van der Waals surface area contributed by atoms with E-state index in [4.69, 9.17) is 16.1 Å². The van der Waals surface area contributed by atoms with Crippen LogP contribution in [0.3, 0.4) is 0 Å². The first kappa shape index (κ1) is 13.5. The molecule has 0 fully saturated rings. The molecule has 7 heteroatoms. The van der Waals surface area contributed by atoms with Crippen molar-refractivity contribution < 1.29 is 13.7 Å². The van der Waals surface area contributed by atoms with E-state index in [1.165, 1.54) is 18.2 Å². The first-order valence-electron chi connectivity index (χ1n) is 5.58. The molecule has 0 saturated carbocycles. The molecule has 2 rings (SSSR count). The molecule has 0 spiro atoms. The lowest BCUT2D eigenvalue weighted by atomic mass is 10.2. The second kappa shape index (κ2) is 5.79. The summed E-state index contributed by atoms with van der Waals surface area (Å²) in [4.78, 5) is 15.6. The van der Waals surface area contributed by atoms with E-state index >= 15 is 0 Å². The Morgan fingerprint density at radius 3 is 2.95 bits per heavy atom. The van der Waals surface area contributed by atoms with Gasteiger partial charge in [-0.3, -0.25) is 4.79 Å². The van der Waals surface area contributed by atoms with Gasteiger partial charge in [-0.2, -0.15) is 4.98 Å². The highest BCUT2D eigenvalue weighted by Gasteiger charge is 2.08. The molecule has 0 aliphatic heterocycles. The lowest BCUT2D eigenvalue weighted by Gasteiger charge is -2.04. The van der Waals surface area contributed by atoms with Crippen LogP contribution in [0, 0.1) is 12.7 Å². The average molecular weight is 284 g/mol. The Kier molecular flexibility index (Phi) is 4.11. The number of hydrogen-bond donors (Lipinski definition) is 1. The van der Waals surface area contributed by atoms with E-state index in [9.17, 15) is 9.18 Å². The summed E-state index contributed by atoms with van der Waals surface area (Å²) >= 11 is 5.61. The Hall–Kier alpha value is -1.95. The van der Waals surface area contributed by atoms with Crippen molar-refractivity contribution >= 4 is 23.2 Å². The highest BCUT2D eigenvalue weighted by Crippen LogP contribution is 2.19. The summed E-state index contributed by atoms with van der Waals surface area (Å²) < 4.78 is 17.8. The SMILES string of the molecule is Cc1noc(CCC(=O)Nc2ccc(F)c(Cl)c2)n1. The molecular formula is C12H11ClFN3O2. The van der Waals surface area contributed by atoms with Crippen LogP contribution in [0.1, 0.15) is 18.1 Å².